The average molecular weight is 219 g/mol. The Morgan fingerprint density at radius 1 is 1.30 bits per heavy atom. The van der Waals surface area contributed by atoms with Gasteiger partial charge in [-0.15, -0.1) is 0 Å². The summed E-state index contributed by atoms with van der Waals surface area (Å²) >= 11 is 8.38. The van der Waals surface area contributed by atoms with Crippen LogP contribution in [-0.4, -0.2) is 20.1 Å². The molecule has 1 rings (SSSR count). The van der Waals surface area contributed by atoms with Crippen LogP contribution in [0.4, 0.5) is 0 Å². The minimum atomic E-state index is 0.691. The Balaban J connectivity index is 3.00. The van der Waals surface area contributed by atoms with E-state index in [9.17, 15) is 0 Å². The van der Waals surface area contributed by atoms with Crippen molar-refractivity contribution in [3.63, 3.8) is 0 Å². The molecule has 0 amide bonds. The first-order valence-electron chi connectivity index (χ1n) is 2.75. The van der Waals surface area contributed by atoms with Gasteiger partial charge in [-0.2, -0.15) is 0 Å². The van der Waals surface area contributed by atoms with Gasteiger partial charge in [-0.25, -0.2) is 0 Å². The molecule has 0 heterocycles. The second-order valence-electron chi connectivity index (χ2n) is 1.87. The van der Waals surface area contributed by atoms with Crippen LogP contribution in [0.15, 0.2) is 24.3 Å². The first-order valence-corrected chi connectivity index (χ1v) is 3.99. The third-order valence-electron chi connectivity index (χ3n) is 1.13. The fourth-order valence-electron chi connectivity index (χ4n) is 0.614. The van der Waals surface area contributed by atoms with Crippen LogP contribution in [0, 0.1) is 0 Å². The van der Waals surface area contributed by atoms with Gasteiger partial charge in [0.2, 0.25) is 0 Å². The number of nitrogens with two attached hydrogens (primary N) is 1. The molecule has 1 aromatic carbocycles. The molecule has 0 fully saturated rings. The van der Waals surface area contributed by atoms with Crippen molar-refractivity contribution in [3.8, 4) is 0 Å². The van der Waals surface area contributed by atoms with Gasteiger partial charge in [0.05, 0.1) is 0 Å². The Morgan fingerprint density at radius 2 is 1.80 bits per heavy atom. The Morgan fingerprint density at radius 3 is 2.20 bits per heavy atom. The topological polar surface area (TPSA) is 26.0 Å². The molecular weight excluding hydrogens is 212 g/mol. The van der Waals surface area contributed by atoms with Crippen LogP contribution in [0.2, 0.25) is 5.02 Å². The molecule has 0 aliphatic heterocycles. The van der Waals surface area contributed by atoms with Crippen molar-refractivity contribution in [3.05, 3.63) is 34.9 Å². The quantitative estimate of drug-likeness (QED) is 0.698. The SMILES string of the molecule is NC(=[Se])c1ccc(Cl)cc1. The summed E-state index contributed by atoms with van der Waals surface area (Å²) in [4.78, 5) is 0. The molecule has 0 bridgehead atoms. The van der Waals surface area contributed by atoms with E-state index in [1.807, 2.05) is 12.1 Å². The molecule has 10 heavy (non-hydrogen) atoms. The van der Waals surface area contributed by atoms with Crippen LogP contribution in [0.1, 0.15) is 5.56 Å². The molecule has 0 saturated carbocycles. The van der Waals surface area contributed by atoms with Crippen LogP contribution < -0.4 is 5.73 Å². The molecule has 0 aliphatic carbocycles. The van der Waals surface area contributed by atoms with E-state index < -0.39 is 0 Å². The van der Waals surface area contributed by atoms with E-state index in [0.717, 1.165) is 10.6 Å². The van der Waals surface area contributed by atoms with E-state index in [1.165, 1.54) is 0 Å². The Bertz CT molecular complexity index is 242. The minimum absolute atomic E-state index is 0.691. The summed E-state index contributed by atoms with van der Waals surface area (Å²) in [6.45, 7) is 0. The van der Waals surface area contributed by atoms with Crippen LogP contribution >= 0.6 is 11.6 Å². The molecule has 3 heteroatoms. The normalized spacial score (nSPS) is 9.30. The molecule has 0 saturated heterocycles. The summed E-state index contributed by atoms with van der Waals surface area (Å²) in [5.41, 5.74) is 6.46. The monoisotopic (exact) mass is 219 g/mol. The predicted molar refractivity (Wildman–Crippen MR) is 45.5 cm³/mol. The van der Waals surface area contributed by atoms with Crippen molar-refractivity contribution in [1.29, 1.82) is 0 Å². The zero-order chi connectivity index (χ0) is 7.56. The van der Waals surface area contributed by atoms with Gasteiger partial charge in [-0.05, 0) is 0 Å². The molecule has 2 N–H and O–H groups in total. The van der Waals surface area contributed by atoms with Crippen molar-refractivity contribution >= 4 is 31.7 Å². The molecule has 1 nitrogen and oxygen atoms in total. The summed E-state index contributed by atoms with van der Waals surface area (Å²) < 4.78 is 0.691. The fraction of sp³-hybridized carbons (Fsp3) is 0. The molecule has 0 aromatic heterocycles. The van der Waals surface area contributed by atoms with Crippen LogP contribution in [0.25, 0.3) is 0 Å². The van der Waals surface area contributed by atoms with E-state index >= 15 is 0 Å². The van der Waals surface area contributed by atoms with Gasteiger partial charge in [0.15, 0.2) is 0 Å². The second kappa shape index (κ2) is 3.20. The van der Waals surface area contributed by atoms with Crippen LogP contribution in [0.5, 0.6) is 0 Å². The number of benzene rings is 1. The van der Waals surface area contributed by atoms with Gasteiger partial charge in [0.25, 0.3) is 0 Å². The van der Waals surface area contributed by atoms with Crippen molar-refractivity contribution in [1.82, 2.24) is 0 Å². The summed E-state index contributed by atoms with van der Waals surface area (Å²) in [6.07, 6.45) is 0. The molecule has 0 unspecified atom stereocenters. The van der Waals surface area contributed by atoms with E-state index in [0.29, 0.717) is 4.54 Å². The third-order valence-corrected chi connectivity index (χ3v) is 1.88. The van der Waals surface area contributed by atoms with E-state index in [1.54, 1.807) is 12.1 Å². The Kier molecular flexibility index (Phi) is 2.50. The summed E-state index contributed by atoms with van der Waals surface area (Å²) in [6, 6.07) is 7.35. The molecule has 0 aliphatic rings. The van der Waals surface area contributed by atoms with Gasteiger partial charge < -0.3 is 0 Å². The van der Waals surface area contributed by atoms with Crippen molar-refractivity contribution in [2.45, 2.75) is 0 Å². The summed E-state index contributed by atoms with van der Waals surface area (Å²) in [5, 5.41) is 0.727. The van der Waals surface area contributed by atoms with E-state index in [4.69, 9.17) is 17.3 Å². The number of hydrogen-bond acceptors (Lipinski definition) is 1. The maximum absolute atomic E-state index is 5.66. The molecule has 1 aromatic rings. The van der Waals surface area contributed by atoms with Crippen molar-refractivity contribution in [2.75, 3.05) is 0 Å². The molecular formula is C7H6ClNSe. The maximum atomic E-state index is 5.66. The van der Waals surface area contributed by atoms with Gasteiger partial charge in [0, 0.05) is 0 Å². The standard InChI is InChI=1S/C7H6ClNSe/c8-6-3-1-5(2-4-6)7(9)10/h1-4H,(H2,9,10). The Labute approximate surface area is 72.5 Å². The van der Waals surface area contributed by atoms with E-state index in [-0.39, 0.29) is 0 Å². The number of rotatable bonds is 1. The van der Waals surface area contributed by atoms with Gasteiger partial charge in [-0.3, -0.25) is 0 Å². The van der Waals surface area contributed by atoms with Crippen molar-refractivity contribution in [2.24, 2.45) is 5.73 Å². The number of halogens is 1. The van der Waals surface area contributed by atoms with Crippen LogP contribution in [-0.2, 0) is 0 Å². The first kappa shape index (κ1) is 7.80. The average Bonchev–Trinajstić information content (AvgIpc) is 1.88. The number of hydrogen-bond donors (Lipinski definition) is 1. The molecule has 0 spiro atoms. The van der Waals surface area contributed by atoms with Crippen molar-refractivity contribution < 1.29 is 0 Å². The van der Waals surface area contributed by atoms with E-state index in [2.05, 4.69) is 15.6 Å². The Hall–Kier alpha value is -0.301. The predicted octanol–water partition coefficient (Wildman–Crippen LogP) is 0.945. The van der Waals surface area contributed by atoms with Gasteiger partial charge in [-0.1, -0.05) is 0 Å². The molecule has 0 radical (unpaired) electrons. The second-order valence-corrected chi connectivity index (χ2v) is 3.23. The first-order chi connectivity index (χ1) is 4.70. The zero-order valence-electron chi connectivity index (χ0n) is 5.17. The van der Waals surface area contributed by atoms with Crippen LogP contribution in [0.3, 0.4) is 0 Å². The molecule has 0 atom stereocenters. The van der Waals surface area contributed by atoms with Gasteiger partial charge in [0.1, 0.15) is 0 Å². The fourth-order valence-corrected chi connectivity index (χ4v) is 1.03. The van der Waals surface area contributed by atoms with Gasteiger partial charge >= 0.3 is 72.3 Å². The zero-order valence-corrected chi connectivity index (χ0v) is 7.64. The summed E-state index contributed by atoms with van der Waals surface area (Å²) in [7, 11) is 0. The summed E-state index contributed by atoms with van der Waals surface area (Å²) in [5.74, 6) is 0. The molecule has 52 valence electrons. The third kappa shape index (κ3) is 1.84.